The summed E-state index contributed by atoms with van der Waals surface area (Å²) in [5.41, 5.74) is -0.911. The second-order valence-corrected chi connectivity index (χ2v) is 8.33. The monoisotopic (exact) mass is 572 g/mol. The van der Waals surface area contributed by atoms with Crippen LogP contribution < -0.4 is 0 Å². The Bertz CT molecular complexity index is 1090. The number of aliphatic hydroxyl groups is 2. The van der Waals surface area contributed by atoms with Crippen molar-refractivity contribution in [2.24, 2.45) is 0 Å². The van der Waals surface area contributed by atoms with E-state index in [1.807, 2.05) is 0 Å². The summed E-state index contributed by atoms with van der Waals surface area (Å²) >= 11 is 0. The number of ether oxygens (including phenoxy) is 6. The van der Waals surface area contributed by atoms with Crippen LogP contribution in [-0.4, -0.2) is 80.6 Å². The van der Waals surface area contributed by atoms with Crippen molar-refractivity contribution in [2.45, 2.75) is 84.8 Å². The lowest BCUT2D eigenvalue weighted by Crippen LogP contribution is -2.59. The Morgan fingerprint density at radius 1 is 0.775 bits per heavy atom. The largest absolute Gasteiger partial charge is 0.462 e. The van der Waals surface area contributed by atoms with Gasteiger partial charge in [-0.1, -0.05) is 6.92 Å². The molecule has 1 heterocycles. The molecule has 0 aliphatic carbocycles. The number of carbonyl (C=O) groups excluding carboxylic acids is 6. The minimum Gasteiger partial charge on any atom is -0.462 e. The van der Waals surface area contributed by atoms with Crippen LogP contribution in [-0.2, 0) is 63.0 Å². The van der Waals surface area contributed by atoms with Gasteiger partial charge in [0.25, 0.3) is 0 Å². The molecule has 1 aromatic heterocycles. The molecule has 16 heteroatoms. The number of carbonyl (C=O) groups is 6. The van der Waals surface area contributed by atoms with E-state index in [4.69, 9.17) is 28.4 Å². The molecule has 0 saturated heterocycles. The molecule has 0 radical (unpaired) electrons. The zero-order valence-electron chi connectivity index (χ0n) is 23.0. The van der Waals surface area contributed by atoms with Crippen molar-refractivity contribution >= 4 is 35.8 Å². The van der Waals surface area contributed by atoms with Gasteiger partial charge >= 0.3 is 47.4 Å². The maximum absolute atomic E-state index is 11.9. The van der Waals surface area contributed by atoms with E-state index in [1.165, 1.54) is 6.92 Å². The highest BCUT2D eigenvalue weighted by Crippen LogP contribution is 2.40. The average molecular weight is 573 g/mol. The van der Waals surface area contributed by atoms with Crippen molar-refractivity contribution in [1.82, 2.24) is 9.97 Å². The van der Waals surface area contributed by atoms with E-state index in [-0.39, 0.29) is 5.69 Å². The molecular formula is C24H32N2O14. The smallest absolute Gasteiger partial charge is 0.335 e. The maximum atomic E-state index is 11.9. The first-order valence-corrected chi connectivity index (χ1v) is 11.8. The van der Waals surface area contributed by atoms with Gasteiger partial charge in [0.05, 0.1) is 18.1 Å². The molecule has 0 fully saturated rings. The third-order valence-corrected chi connectivity index (χ3v) is 4.96. The molecule has 0 aliphatic rings. The Morgan fingerprint density at radius 3 is 1.68 bits per heavy atom. The third-order valence-electron chi connectivity index (χ3n) is 4.96. The van der Waals surface area contributed by atoms with Crippen LogP contribution in [0.1, 0.15) is 72.4 Å². The summed E-state index contributed by atoms with van der Waals surface area (Å²) in [6.07, 6.45) is -3.72. The molecule has 2 N–H and O–H groups in total. The van der Waals surface area contributed by atoms with E-state index in [9.17, 15) is 39.0 Å². The Morgan fingerprint density at radius 2 is 1.30 bits per heavy atom. The SMILES string of the molecule is CCC(OC(C)=O)(OC(C)=O)C(O)(OC(C)=O)c1cnc(C(O)C(OC(C)=O)C(COC(C)=O)OC(C)=O)cn1. The Labute approximate surface area is 228 Å². The Kier molecular flexibility index (Phi) is 12.1. The van der Waals surface area contributed by atoms with Gasteiger partial charge in [-0.05, 0) is 0 Å². The molecule has 0 spiro atoms. The normalized spacial score (nSPS) is 14.8. The zero-order chi connectivity index (χ0) is 30.8. The van der Waals surface area contributed by atoms with Crippen LogP contribution >= 0.6 is 0 Å². The van der Waals surface area contributed by atoms with Gasteiger partial charge in [-0.3, -0.25) is 38.7 Å². The predicted octanol–water partition coefficient (Wildman–Crippen LogP) is -0.123. The fourth-order valence-electron chi connectivity index (χ4n) is 3.52. The van der Waals surface area contributed by atoms with Crippen molar-refractivity contribution in [3.63, 3.8) is 0 Å². The van der Waals surface area contributed by atoms with Crippen LogP contribution in [0.15, 0.2) is 12.4 Å². The van der Waals surface area contributed by atoms with Crippen molar-refractivity contribution in [3.05, 3.63) is 23.8 Å². The first kappa shape index (κ1) is 33.8. The van der Waals surface area contributed by atoms with Gasteiger partial charge in [-0.2, -0.15) is 0 Å². The fraction of sp³-hybridized carbons (Fsp3) is 0.583. The number of esters is 6. The van der Waals surface area contributed by atoms with Crippen LogP contribution in [0.25, 0.3) is 0 Å². The summed E-state index contributed by atoms with van der Waals surface area (Å²) < 4.78 is 30.3. The molecule has 0 aliphatic heterocycles. The summed E-state index contributed by atoms with van der Waals surface area (Å²) in [7, 11) is 0. The Balaban J connectivity index is 3.63. The van der Waals surface area contributed by atoms with Gasteiger partial charge in [0, 0.05) is 48.0 Å². The summed E-state index contributed by atoms with van der Waals surface area (Å²) in [6, 6.07) is 0. The molecule has 0 bridgehead atoms. The van der Waals surface area contributed by atoms with Crippen molar-refractivity contribution in [1.29, 1.82) is 0 Å². The van der Waals surface area contributed by atoms with E-state index in [0.717, 1.165) is 53.9 Å². The first-order chi connectivity index (χ1) is 18.5. The summed E-state index contributed by atoms with van der Waals surface area (Å²) in [6.45, 7) is 6.72. The lowest BCUT2D eigenvalue weighted by atomic mass is 9.98. The summed E-state index contributed by atoms with van der Waals surface area (Å²) in [5, 5.41) is 22.5. The number of rotatable bonds is 13. The van der Waals surface area contributed by atoms with Gasteiger partial charge in [0.1, 0.15) is 18.4 Å². The van der Waals surface area contributed by atoms with Gasteiger partial charge in [0.15, 0.2) is 12.2 Å². The topological polar surface area (TPSA) is 224 Å². The van der Waals surface area contributed by atoms with Crippen molar-refractivity contribution < 1.29 is 67.4 Å². The molecule has 4 unspecified atom stereocenters. The Hall–Kier alpha value is -4.18. The molecule has 0 aromatic carbocycles. The van der Waals surface area contributed by atoms with Crippen molar-refractivity contribution in [2.75, 3.05) is 6.61 Å². The highest BCUT2D eigenvalue weighted by Gasteiger charge is 2.61. The fourth-order valence-corrected chi connectivity index (χ4v) is 3.52. The second-order valence-electron chi connectivity index (χ2n) is 8.33. The molecule has 1 rings (SSSR count). The zero-order valence-corrected chi connectivity index (χ0v) is 23.0. The quantitative estimate of drug-likeness (QED) is 0.178. The number of hydrogen-bond donors (Lipinski definition) is 2. The maximum Gasteiger partial charge on any atom is 0.335 e. The van der Waals surface area contributed by atoms with Gasteiger partial charge < -0.3 is 38.6 Å². The summed E-state index contributed by atoms with van der Waals surface area (Å²) in [4.78, 5) is 78.2. The minimum atomic E-state index is -3.02. The standard InChI is InChI=1S/C24H32N2O14/c1-8-23(38-15(5)30,39-16(6)31)24(34,40-17(7)32)20-10-25-18(9-26-20)21(33)22(37-14(4)29)19(36-13(3)28)11-35-12(2)27/h9-10,19,21-22,33-34H,8,11H2,1-7H3. The van der Waals surface area contributed by atoms with Crippen molar-refractivity contribution in [3.8, 4) is 0 Å². The van der Waals surface area contributed by atoms with Crippen LogP contribution in [0.5, 0.6) is 0 Å². The molecule has 4 atom stereocenters. The lowest BCUT2D eigenvalue weighted by Gasteiger charge is -2.42. The van der Waals surface area contributed by atoms with E-state index in [0.29, 0.717) is 0 Å². The van der Waals surface area contributed by atoms with E-state index in [1.54, 1.807) is 0 Å². The van der Waals surface area contributed by atoms with Crippen LogP contribution in [0, 0.1) is 0 Å². The molecular weight excluding hydrogens is 540 g/mol. The van der Waals surface area contributed by atoms with E-state index < -0.39 is 84.4 Å². The molecule has 0 saturated carbocycles. The minimum absolute atomic E-state index is 0.317. The number of hydrogen-bond acceptors (Lipinski definition) is 16. The van der Waals surface area contributed by atoms with Gasteiger partial charge in [-0.25, -0.2) is 0 Å². The molecule has 222 valence electrons. The molecule has 40 heavy (non-hydrogen) atoms. The van der Waals surface area contributed by atoms with E-state index in [2.05, 4.69) is 9.97 Å². The lowest BCUT2D eigenvalue weighted by molar-refractivity contribution is -0.372. The predicted molar refractivity (Wildman–Crippen MR) is 127 cm³/mol. The number of aromatic nitrogens is 2. The van der Waals surface area contributed by atoms with Gasteiger partial charge in [-0.15, -0.1) is 0 Å². The second kappa shape index (κ2) is 14.3. The van der Waals surface area contributed by atoms with Crippen LogP contribution in [0.4, 0.5) is 0 Å². The van der Waals surface area contributed by atoms with Gasteiger partial charge in [0.2, 0.25) is 0 Å². The number of nitrogens with zero attached hydrogens (tertiary/aromatic N) is 2. The summed E-state index contributed by atoms with van der Waals surface area (Å²) in [5.74, 6) is -11.2. The number of aliphatic hydroxyl groups excluding tert-OH is 1. The average Bonchev–Trinajstić information content (AvgIpc) is 2.82. The molecule has 1 aromatic rings. The van der Waals surface area contributed by atoms with E-state index >= 15 is 0 Å². The highest BCUT2D eigenvalue weighted by molar-refractivity contribution is 5.70. The first-order valence-electron chi connectivity index (χ1n) is 11.8. The molecule has 16 nitrogen and oxygen atoms in total. The molecule has 0 amide bonds. The van der Waals surface area contributed by atoms with Crippen LogP contribution in [0.2, 0.25) is 0 Å². The van der Waals surface area contributed by atoms with Crippen LogP contribution in [0.3, 0.4) is 0 Å². The highest BCUT2D eigenvalue weighted by atomic mass is 16.8. The third kappa shape index (κ3) is 8.94.